The molecule has 0 spiro atoms. The number of imide groups is 1. The van der Waals surface area contributed by atoms with Crippen molar-refractivity contribution in [2.45, 2.75) is 75.9 Å². The van der Waals surface area contributed by atoms with E-state index in [1.54, 1.807) is 0 Å². The number of alkyl halides is 3. The molecule has 12 heteroatoms. The number of rotatable bonds is 10. The van der Waals surface area contributed by atoms with Crippen molar-refractivity contribution in [2.24, 2.45) is 23.7 Å². The van der Waals surface area contributed by atoms with Crippen LogP contribution in [0.3, 0.4) is 0 Å². The maximum absolute atomic E-state index is 13.8. The van der Waals surface area contributed by atoms with Gasteiger partial charge in [0.1, 0.15) is 18.8 Å². The molecule has 4 rings (SSSR count). The number of hydrogen-bond donors (Lipinski definition) is 3. The molecule has 2 saturated carbocycles. The van der Waals surface area contributed by atoms with Crippen LogP contribution in [0.1, 0.15) is 51.4 Å². The SMILES string of the molecule is O=C(COC(F)(F)F)C(C[C@@H]1CCNC1=O)N(C(=O)C(O)CC1CC1)C(=O)[C@H]1NC[C@@H]2CCC[C@@H]21. The van der Waals surface area contributed by atoms with Gasteiger partial charge in [0, 0.05) is 12.5 Å². The molecular weight excluding hydrogens is 471 g/mol. The highest BCUT2D eigenvalue weighted by Crippen LogP contribution is 2.39. The highest BCUT2D eigenvalue weighted by molar-refractivity contribution is 6.04. The molecule has 2 unspecified atom stereocenters. The molecule has 2 heterocycles. The fourth-order valence-corrected chi connectivity index (χ4v) is 5.72. The lowest BCUT2D eigenvalue weighted by atomic mass is 9.90. The number of Topliss-reactive ketones (excluding diaryl/α,β-unsaturated/α-hetero) is 1. The first-order valence-electron chi connectivity index (χ1n) is 12.3. The van der Waals surface area contributed by atoms with E-state index in [0.717, 1.165) is 32.1 Å². The van der Waals surface area contributed by atoms with Gasteiger partial charge < -0.3 is 15.7 Å². The smallest absolute Gasteiger partial charge is 0.383 e. The summed E-state index contributed by atoms with van der Waals surface area (Å²) in [6.07, 6.45) is -2.30. The maximum atomic E-state index is 13.8. The molecule has 2 aliphatic heterocycles. The summed E-state index contributed by atoms with van der Waals surface area (Å²) in [7, 11) is 0. The van der Waals surface area contributed by atoms with Crippen molar-refractivity contribution in [1.29, 1.82) is 0 Å². The number of aliphatic hydroxyl groups excluding tert-OH is 1. The number of amides is 3. The van der Waals surface area contributed by atoms with Gasteiger partial charge in [0.05, 0.1) is 6.04 Å². The zero-order chi connectivity index (χ0) is 25.3. The number of ketones is 1. The van der Waals surface area contributed by atoms with Gasteiger partial charge in [-0.3, -0.25) is 28.8 Å². The van der Waals surface area contributed by atoms with E-state index in [4.69, 9.17) is 0 Å². The molecule has 4 aliphatic rings. The van der Waals surface area contributed by atoms with E-state index in [1.807, 2.05) is 0 Å². The van der Waals surface area contributed by atoms with Gasteiger partial charge >= 0.3 is 6.36 Å². The van der Waals surface area contributed by atoms with Crippen LogP contribution in [0.15, 0.2) is 0 Å². The lowest BCUT2D eigenvalue weighted by Gasteiger charge is -2.34. The van der Waals surface area contributed by atoms with E-state index in [1.165, 1.54) is 0 Å². The van der Waals surface area contributed by atoms with Gasteiger partial charge in [-0.1, -0.05) is 19.3 Å². The minimum Gasteiger partial charge on any atom is -0.383 e. The van der Waals surface area contributed by atoms with Crippen LogP contribution in [0.5, 0.6) is 0 Å². The van der Waals surface area contributed by atoms with E-state index >= 15 is 0 Å². The first-order valence-corrected chi connectivity index (χ1v) is 12.3. The van der Waals surface area contributed by atoms with Crippen molar-refractivity contribution in [3.8, 4) is 0 Å². The Labute approximate surface area is 201 Å². The number of aliphatic hydroxyl groups is 1. The zero-order valence-electron chi connectivity index (χ0n) is 19.4. The third-order valence-electron chi connectivity index (χ3n) is 7.76. The summed E-state index contributed by atoms with van der Waals surface area (Å²) in [5.41, 5.74) is 0. The third-order valence-corrected chi connectivity index (χ3v) is 7.76. The Hall–Kier alpha value is -2.05. The van der Waals surface area contributed by atoms with Crippen LogP contribution in [-0.2, 0) is 23.9 Å². The Bertz CT molecular complexity index is 849. The summed E-state index contributed by atoms with van der Waals surface area (Å²) in [6.45, 7) is -0.513. The van der Waals surface area contributed by atoms with Crippen LogP contribution >= 0.6 is 0 Å². The van der Waals surface area contributed by atoms with Gasteiger partial charge in [-0.15, -0.1) is 13.2 Å². The van der Waals surface area contributed by atoms with Crippen LogP contribution < -0.4 is 10.6 Å². The van der Waals surface area contributed by atoms with Crippen molar-refractivity contribution in [1.82, 2.24) is 15.5 Å². The zero-order valence-corrected chi connectivity index (χ0v) is 19.4. The standard InChI is InChI=1S/C23H32F3N3O6/c24-23(25,26)35-11-18(31)16(9-13-6-7-27-20(13)32)29(21(33)17(30)8-12-4-5-12)22(34)19-15-3-1-2-14(15)10-28-19/h12-17,19,28,30H,1-11H2,(H,27,32)/t13-,14-,15-,16?,17?,19-/m0/s1. The van der Waals surface area contributed by atoms with E-state index in [9.17, 15) is 37.5 Å². The van der Waals surface area contributed by atoms with Gasteiger partial charge in [-0.2, -0.15) is 0 Å². The molecule has 3 N–H and O–H groups in total. The molecule has 2 saturated heterocycles. The van der Waals surface area contributed by atoms with Crippen LogP contribution in [0.25, 0.3) is 0 Å². The van der Waals surface area contributed by atoms with Crippen LogP contribution in [0.4, 0.5) is 13.2 Å². The molecule has 3 amide bonds. The third kappa shape index (κ3) is 6.21. The molecule has 0 aromatic rings. The quantitative estimate of drug-likeness (QED) is 0.404. The molecule has 35 heavy (non-hydrogen) atoms. The van der Waals surface area contributed by atoms with E-state index in [-0.39, 0.29) is 30.6 Å². The van der Waals surface area contributed by atoms with Gasteiger partial charge in [0.2, 0.25) is 11.8 Å². The van der Waals surface area contributed by atoms with Gasteiger partial charge in [0.25, 0.3) is 5.91 Å². The van der Waals surface area contributed by atoms with Crippen molar-refractivity contribution in [3.63, 3.8) is 0 Å². The minimum atomic E-state index is -5.08. The molecule has 0 radical (unpaired) electrons. The molecule has 2 aliphatic carbocycles. The average molecular weight is 504 g/mol. The van der Waals surface area contributed by atoms with Crippen molar-refractivity contribution in [3.05, 3.63) is 0 Å². The van der Waals surface area contributed by atoms with E-state index in [2.05, 4.69) is 15.4 Å². The average Bonchev–Trinajstić information content (AvgIpc) is 3.15. The summed E-state index contributed by atoms with van der Waals surface area (Å²) in [4.78, 5) is 53.1. The number of ether oxygens (including phenoxy) is 1. The molecule has 196 valence electrons. The number of hydrogen-bond acceptors (Lipinski definition) is 7. The molecule has 0 aromatic heterocycles. The first kappa shape index (κ1) is 26.0. The molecular formula is C23H32F3N3O6. The fraction of sp³-hybridized carbons (Fsp3) is 0.826. The van der Waals surface area contributed by atoms with Gasteiger partial charge in [-0.25, -0.2) is 0 Å². The Morgan fingerprint density at radius 2 is 1.86 bits per heavy atom. The topological polar surface area (TPSA) is 125 Å². The van der Waals surface area contributed by atoms with Crippen molar-refractivity contribution in [2.75, 3.05) is 19.7 Å². The lowest BCUT2D eigenvalue weighted by molar-refractivity contribution is -0.321. The van der Waals surface area contributed by atoms with E-state index < -0.39 is 60.6 Å². The number of nitrogens with one attached hydrogen (secondary N) is 2. The van der Waals surface area contributed by atoms with Gasteiger partial charge in [-0.05, 0) is 56.4 Å². The van der Waals surface area contributed by atoms with E-state index in [0.29, 0.717) is 24.4 Å². The van der Waals surface area contributed by atoms with Crippen molar-refractivity contribution < 1.29 is 42.2 Å². The summed E-state index contributed by atoms with van der Waals surface area (Å²) in [6, 6.07) is -2.43. The Morgan fingerprint density at radius 3 is 2.49 bits per heavy atom. The Morgan fingerprint density at radius 1 is 1.11 bits per heavy atom. The number of fused-ring (bicyclic) bond motifs is 1. The summed E-state index contributed by atoms with van der Waals surface area (Å²) < 4.78 is 41.8. The maximum Gasteiger partial charge on any atom is 0.522 e. The summed E-state index contributed by atoms with van der Waals surface area (Å²) >= 11 is 0. The molecule has 0 aromatic carbocycles. The van der Waals surface area contributed by atoms with Crippen LogP contribution in [0, 0.1) is 23.7 Å². The normalized spacial score (nSPS) is 30.0. The summed E-state index contributed by atoms with van der Waals surface area (Å²) in [5, 5.41) is 16.3. The van der Waals surface area contributed by atoms with Gasteiger partial charge in [0.15, 0.2) is 5.78 Å². The number of carbonyl (C=O) groups excluding carboxylic acids is 4. The summed E-state index contributed by atoms with van der Waals surface area (Å²) in [5.74, 6) is -3.73. The minimum absolute atomic E-state index is 0.0599. The molecule has 0 bridgehead atoms. The lowest BCUT2D eigenvalue weighted by Crippen LogP contribution is -2.59. The second kappa shape index (κ2) is 10.5. The second-order valence-corrected chi connectivity index (χ2v) is 10.2. The predicted molar refractivity (Wildman–Crippen MR) is 114 cm³/mol. The Kier molecular flexibility index (Phi) is 7.82. The van der Waals surface area contributed by atoms with Crippen molar-refractivity contribution >= 4 is 23.5 Å². The monoisotopic (exact) mass is 503 g/mol. The molecule has 6 atom stereocenters. The Balaban J connectivity index is 1.63. The second-order valence-electron chi connectivity index (χ2n) is 10.2. The largest absolute Gasteiger partial charge is 0.522 e. The highest BCUT2D eigenvalue weighted by Gasteiger charge is 2.49. The van der Waals surface area contributed by atoms with Crippen LogP contribution in [-0.4, -0.2) is 77.8 Å². The fourth-order valence-electron chi connectivity index (χ4n) is 5.72. The first-order chi connectivity index (χ1) is 16.5. The number of carbonyl (C=O) groups is 4. The number of halogens is 3. The van der Waals surface area contributed by atoms with Crippen LogP contribution in [0.2, 0.25) is 0 Å². The molecule has 9 nitrogen and oxygen atoms in total. The highest BCUT2D eigenvalue weighted by atomic mass is 19.4. The molecule has 4 fully saturated rings. The number of nitrogens with zero attached hydrogens (tertiary/aromatic N) is 1. The predicted octanol–water partition coefficient (Wildman–Crippen LogP) is 0.891.